The molecule has 0 aromatic carbocycles. The molecule has 2 aromatic rings. The zero-order valence-electron chi connectivity index (χ0n) is 16.8. The van der Waals surface area contributed by atoms with Crippen LogP contribution < -0.4 is 21.3 Å². The third-order valence-electron chi connectivity index (χ3n) is 4.16. The SMILES string of the molecule is CN=C(NCCCCCCNC(=NC)NCc1ccco1)NCc1ccco1. The third-order valence-corrected chi connectivity index (χ3v) is 4.16. The van der Waals surface area contributed by atoms with Gasteiger partial charge in [0.1, 0.15) is 11.5 Å². The van der Waals surface area contributed by atoms with E-state index in [-0.39, 0.29) is 0 Å². The molecule has 0 fully saturated rings. The zero-order chi connectivity index (χ0) is 19.9. The van der Waals surface area contributed by atoms with Gasteiger partial charge in [0.25, 0.3) is 0 Å². The van der Waals surface area contributed by atoms with Crippen molar-refractivity contribution in [3.63, 3.8) is 0 Å². The van der Waals surface area contributed by atoms with Crippen LogP contribution in [-0.2, 0) is 13.1 Å². The molecule has 0 atom stereocenters. The lowest BCUT2D eigenvalue weighted by Gasteiger charge is -2.12. The van der Waals surface area contributed by atoms with Gasteiger partial charge in [0, 0.05) is 27.2 Å². The van der Waals surface area contributed by atoms with Crippen LogP contribution in [0.25, 0.3) is 0 Å². The van der Waals surface area contributed by atoms with Crippen molar-refractivity contribution < 1.29 is 8.83 Å². The summed E-state index contributed by atoms with van der Waals surface area (Å²) in [6.07, 6.45) is 7.89. The van der Waals surface area contributed by atoms with Crippen LogP contribution in [0.3, 0.4) is 0 Å². The number of rotatable bonds is 11. The number of guanidine groups is 2. The summed E-state index contributed by atoms with van der Waals surface area (Å²) >= 11 is 0. The maximum atomic E-state index is 5.30. The summed E-state index contributed by atoms with van der Waals surface area (Å²) in [5.74, 6) is 3.38. The number of furan rings is 2. The summed E-state index contributed by atoms with van der Waals surface area (Å²) in [6, 6.07) is 7.64. The maximum absolute atomic E-state index is 5.30. The molecule has 0 bridgehead atoms. The predicted octanol–water partition coefficient (Wildman–Crippen LogP) is 2.46. The average Bonchev–Trinajstić information content (AvgIpc) is 3.42. The van der Waals surface area contributed by atoms with Gasteiger partial charge in [-0.3, -0.25) is 9.98 Å². The van der Waals surface area contributed by atoms with Gasteiger partial charge in [-0.15, -0.1) is 0 Å². The molecule has 28 heavy (non-hydrogen) atoms. The number of hydrogen-bond acceptors (Lipinski definition) is 4. The predicted molar refractivity (Wildman–Crippen MR) is 112 cm³/mol. The van der Waals surface area contributed by atoms with Gasteiger partial charge in [-0.1, -0.05) is 12.8 Å². The smallest absolute Gasteiger partial charge is 0.191 e. The molecule has 0 amide bonds. The van der Waals surface area contributed by atoms with Gasteiger partial charge in [-0.25, -0.2) is 0 Å². The molecule has 0 unspecified atom stereocenters. The van der Waals surface area contributed by atoms with Crippen LogP contribution in [0, 0.1) is 0 Å². The van der Waals surface area contributed by atoms with E-state index in [1.54, 1.807) is 26.6 Å². The van der Waals surface area contributed by atoms with Crippen LogP contribution in [0.4, 0.5) is 0 Å². The van der Waals surface area contributed by atoms with Crippen LogP contribution in [0.5, 0.6) is 0 Å². The molecule has 0 aliphatic heterocycles. The second-order valence-corrected chi connectivity index (χ2v) is 6.28. The van der Waals surface area contributed by atoms with E-state index in [9.17, 15) is 0 Å². The molecule has 8 nitrogen and oxygen atoms in total. The Bertz CT molecular complexity index is 619. The van der Waals surface area contributed by atoms with E-state index in [0.717, 1.165) is 49.4 Å². The summed E-state index contributed by atoms with van der Waals surface area (Å²) in [5.41, 5.74) is 0. The van der Waals surface area contributed by atoms with Gasteiger partial charge in [-0.05, 0) is 37.1 Å². The van der Waals surface area contributed by atoms with E-state index in [1.807, 2.05) is 24.3 Å². The molecule has 4 N–H and O–H groups in total. The highest BCUT2D eigenvalue weighted by atomic mass is 16.3. The standard InChI is InChI=1S/C20H32N6O2/c1-21-19(25-15-17-9-7-13-27-17)23-11-5-3-4-6-12-24-20(22-2)26-16-18-10-8-14-28-18/h7-10,13-14H,3-6,11-12,15-16H2,1-2H3,(H2,21,23,25)(H2,22,24,26). The Morgan fingerprint density at radius 3 is 1.54 bits per heavy atom. The largest absolute Gasteiger partial charge is 0.467 e. The van der Waals surface area contributed by atoms with Gasteiger partial charge < -0.3 is 30.1 Å². The summed E-state index contributed by atoms with van der Waals surface area (Å²) < 4.78 is 10.6. The summed E-state index contributed by atoms with van der Waals surface area (Å²) in [7, 11) is 3.55. The molecule has 0 aliphatic carbocycles. The van der Waals surface area contributed by atoms with Crippen LogP contribution >= 0.6 is 0 Å². The lowest BCUT2D eigenvalue weighted by atomic mass is 10.2. The van der Waals surface area contributed by atoms with E-state index in [1.165, 1.54) is 12.8 Å². The lowest BCUT2D eigenvalue weighted by molar-refractivity contribution is 0.500. The molecule has 8 heteroatoms. The fraction of sp³-hybridized carbons (Fsp3) is 0.500. The Hall–Kier alpha value is -2.90. The van der Waals surface area contributed by atoms with Crippen molar-refractivity contribution in [3.8, 4) is 0 Å². The fourth-order valence-electron chi connectivity index (χ4n) is 2.63. The molecular weight excluding hydrogens is 356 g/mol. The molecule has 2 heterocycles. The van der Waals surface area contributed by atoms with E-state index in [0.29, 0.717) is 13.1 Å². The van der Waals surface area contributed by atoms with Crippen molar-refractivity contribution in [2.24, 2.45) is 9.98 Å². The molecule has 154 valence electrons. The lowest BCUT2D eigenvalue weighted by Crippen LogP contribution is -2.37. The quantitative estimate of drug-likeness (QED) is 0.268. The molecule has 2 aromatic heterocycles. The Balaban J connectivity index is 1.45. The molecule has 0 saturated heterocycles. The zero-order valence-corrected chi connectivity index (χ0v) is 16.8. The highest BCUT2D eigenvalue weighted by Gasteiger charge is 2.01. The average molecular weight is 389 g/mol. The first-order chi connectivity index (χ1) is 13.8. The maximum Gasteiger partial charge on any atom is 0.191 e. The van der Waals surface area contributed by atoms with Gasteiger partial charge in [0.05, 0.1) is 25.6 Å². The third kappa shape index (κ3) is 8.66. The second kappa shape index (κ2) is 13.3. The highest BCUT2D eigenvalue weighted by Crippen LogP contribution is 2.00. The van der Waals surface area contributed by atoms with Crippen molar-refractivity contribution in [3.05, 3.63) is 48.3 Å². The van der Waals surface area contributed by atoms with Crippen molar-refractivity contribution in [2.75, 3.05) is 27.2 Å². The van der Waals surface area contributed by atoms with Gasteiger partial charge in [0.2, 0.25) is 0 Å². The molecule has 2 rings (SSSR count). The van der Waals surface area contributed by atoms with Gasteiger partial charge >= 0.3 is 0 Å². The van der Waals surface area contributed by atoms with Crippen LogP contribution in [-0.4, -0.2) is 39.1 Å². The van der Waals surface area contributed by atoms with E-state index < -0.39 is 0 Å². The first-order valence-electron chi connectivity index (χ1n) is 9.75. The van der Waals surface area contributed by atoms with E-state index in [2.05, 4.69) is 31.3 Å². The minimum Gasteiger partial charge on any atom is -0.467 e. The number of nitrogens with zero attached hydrogens (tertiary/aromatic N) is 2. The Morgan fingerprint density at radius 1 is 0.714 bits per heavy atom. The number of nitrogens with one attached hydrogen (secondary N) is 4. The first-order valence-corrected chi connectivity index (χ1v) is 9.75. The van der Waals surface area contributed by atoms with E-state index in [4.69, 9.17) is 8.83 Å². The number of aliphatic imine (C=N–C) groups is 2. The summed E-state index contributed by atoms with van der Waals surface area (Å²) in [5, 5.41) is 13.1. The van der Waals surface area contributed by atoms with Crippen molar-refractivity contribution in [1.82, 2.24) is 21.3 Å². The Kier molecular flexibility index (Phi) is 10.2. The Labute approximate surface area is 166 Å². The minimum absolute atomic E-state index is 0.633. The fourth-order valence-corrected chi connectivity index (χ4v) is 2.63. The van der Waals surface area contributed by atoms with Crippen molar-refractivity contribution >= 4 is 11.9 Å². The monoisotopic (exact) mass is 388 g/mol. The summed E-state index contributed by atoms with van der Waals surface area (Å²) in [6.45, 7) is 3.07. The topological polar surface area (TPSA) is 99.1 Å². The molecular formula is C20H32N6O2. The van der Waals surface area contributed by atoms with Gasteiger partial charge in [-0.2, -0.15) is 0 Å². The van der Waals surface area contributed by atoms with Gasteiger partial charge in [0.15, 0.2) is 11.9 Å². The Morgan fingerprint density at radius 2 is 1.18 bits per heavy atom. The molecule has 0 radical (unpaired) electrons. The van der Waals surface area contributed by atoms with Crippen molar-refractivity contribution in [2.45, 2.75) is 38.8 Å². The normalized spacial score (nSPS) is 12.1. The number of unbranched alkanes of at least 4 members (excludes halogenated alkanes) is 3. The van der Waals surface area contributed by atoms with Crippen LogP contribution in [0.15, 0.2) is 55.6 Å². The van der Waals surface area contributed by atoms with Crippen LogP contribution in [0.1, 0.15) is 37.2 Å². The molecule has 0 spiro atoms. The first kappa shape index (κ1) is 21.4. The van der Waals surface area contributed by atoms with E-state index >= 15 is 0 Å². The number of hydrogen-bond donors (Lipinski definition) is 4. The van der Waals surface area contributed by atoms with Crippen LogP contribution in [0.2, 0.25) is 0 Å². The molecule has 0 saturated carbocycles. The molecule has 0 aliphatic rings. The minimum atomic E-state index is 0.633. The highest BCUT2D eigenvalue weighted by molar-refractivity contribution is 5.79. The second-order valence-electron chi connectivity index (χ2n) is 6.28. The summed E-state index contributed by atoms with van der Waals surface area (Å²) in [4.78, 5) is 8.43. The van der Waals surface area contributed by atoms with Crippen molar-refractivity contribution in [1.29, 1.82) is 0 Å².